The molecule has 6 rings (SSSR count). The molecule has 0 unspecified atom stereocenters. The third-order valence-electron chi connectivity index (χ3n) is 6.81. The maximum atomic E-state index is 13.8. The number of sulfonamides is 1. The highest BCUT2D eigenvalue weighted by Gasteiger charge is 2.24. The summed E-state index contributed by atoms with van der Waals surface area (Å²) < 4.78 is 62.3. The molecular formula is C31H23F2N3O4S2. The number of benzene rings is 4. The Kier molecular flexibility index (Phi) is 6.99. The van der Waals surface area contributed by atoms with Gasteiger partial charge in [0.1, 0.15) is 28.0 Å². The molecule has 0 fully saturated rings. The molecule has 2 heterocycles. The number of hydrogen-bond acceptors (Lipinski definition) is 6. The highest BCUT2D eigenvalue weighted by atomic mass is 32.2. The Hall–Kier alpha value is -4.61. The first-order chi connectivity index (χ1) is 20.2. The van der Waals surface area contributed by atoms with Gasteiger partial charge in [-0.3, -0.25) is 9.52 Å². The number of carbonyl (C=O) groups excluding carboxylic acids is 1. The molecule has 7 nitrogen and oxygen atoms in total. The fourth-order valence-electron chi connectivity index (χ4n) is 4.70. The summed E-state index contributed by atoms with van der Waals surface area (Å²) in [7, 11) is -2.20. The number of aromatic nitrogens is 1. The lowest BCUT2D eigenvalue weighted by molar-refractivity contribution is 0.0964. The van der Waals surface area contributed by atoms with Gasteiger partial charge in [0.05, 0.1) is 27.2 Å². The molecule has 4 aromatic carbocycles. The lowest BCUT2D eigenvalue weighted by Gasteiger charge is -2.13. The fourth-order valence-corrected chi connectivity index (χ4v) is 6.34. The summed E-state index contributed by atoms with van der Waals surface area (Å²) in [5.41, 5.74) is 3.83. The maximum absolute atomic E-state index is 13.8. The van der Waals surface area contributed by atoms with Gasteiger partial charge in [-0.2, -0.15) is 0 Å². The van der Waals surface area contributed by atoms with E-state index in [1.807, 2.05) is 24.3 Å². The van der Waals surface area contributed by atoms with Crippen LogP contribution in [0.4, 0.5) is 14.5 Å². The van der Waals surface area contributed by atoms with E-state index in [0.29, 0.717) is 37.3 Å². The first kappa shape index (κ1) is 27.6. The third-order valence-corrected chi connectivity index (χ3v) is 9.16. The highest BCUT2D eigenvalue weighted by molar-refractivity contribution is 7.92. The number of halogens is 2. The van der Waals surface area contributed by atoms with Gasteiger partial charge in [0.15, 0.2) is 0 Å². The smallest absolute Gasteiger partial charge is 0.255 e. The van der Waals surface area contributed by atoms with Crippen molar-refractivity contribution in [2.45, 2.75) is 6.92 Å². The average molecular weight is 604 g/mol. The monoisotopic (exact) mass is 603 g/mol. The number of nitrogens with zero attached hydrogens (tertiary/aromatic N) is 1. The van der Waals surface area contributed by atoms with Crippen LogP contribution in [0.2, 0.25) is 0 Å². The molecule has 6 aromatic rings. The van der Waals surface area contributed by atoms with Crippen molar-refractivity contribution in [3.05, 3.63) is 96.1 Å². The van der Waals surface area contributed by atoms with Gasteiger partial charge in [-0.1, -0.05) is 18.2 Å². The number of nitrogens with one attached hydrogen (secondary N) is 2. The van der Waals surface area contributed by atoms with Crippen LogP contribution in [0.25, 0.3) is 54.2 Å². The molecule has 11 heteroatoms. The van der Waals surface area contributed by atoms with Crippen LogP contribution in [0.3, 0.4) is 0 Å². The van der Waals surface area contributed by atoms with E-state index in [1.54, 1.807) is 18.2 Å². The van der Waals surface area contributed by atoms with E-state index >= 15 is 0 Å². The van der Waals surface area contributed by atoms with E-state index in [9.17, 15) is 22.0 Å². The summed E-state index contributed by atoms with van der Waals surface area (Å²) in [5, 5.41) is 3.75. The van der Waals surface area contributed by atoms with Crippen LogP contribution >= 0.6 is 11.3 Å². The van der Waals surface area contributed by atoms with Gasteiger partial charge in [0.2, 0.25) is 10.0 Å². The van der Waals surface area contributed by atoms with Crippen molar-refractivity contribution in [1.82, 2.24) is 10.3 Å². The number of rotatable bonds is 7. The van der Waals surface area contributed by atoms with Crippen molar-refractivity contribution in [2.24, 2.45) is 0 Å². The Morgan fingerprint density at radius 1 is 0.929 bits per heavy atom. The average Bonchev–Trinajstić information content (AvgIpc) is 3.57. The number of anilines is 1. The molecule has 2 aromatic heterocycles. The summed E-state index contributed by atoms with van der Waals surface area (Å²) in [6, 6.07) is 20.6. The zero-order valence-electron chi connectivity index (χ0n) is 22.4. The van der Waals surface area contributed by atoms with Crippen LogP contribution in [-0.4, -0.2) is 32.1 Å². The van der Waals surface area contributed by atoms with Crippen LogP contribution < -0.4 is 10.0 Å². The Morgan fingerprint density at radius 2 is 1.67 bits per heavy atom. The first-order valence-corrected chi connectivity index (χ1v) is 15.4. The second kappa shape index (κ2) is 10.7. The number of furan rings is 1. The van der Waals surface area contributed by atoms with Crippen molar-refractivity contribution < 1.29 is 26.4 Å². The van der Waals surface area contributed by atoms with Gasteiger partial charge < -0.3 is 9.73 Å². The third kappa shape index (κ3) is 5.12. The predicted octanol–water partition coefficient (Wildman–Crippen LogP) is 7.44. The molecule has 0 aliphatic heterocycles. The predicted molar refractivity (Wildman–Crippen MR) is 162 cm³/mol. The van der Waals surface area contributed by atoms with E-state index < -0.39 is 21.7 Å². The second-order valence-corrected chi connectivity index (χ2v) is 12.5. The Bertz CT molecular complexity index is 2100. The van der Waals surface area contributed by atoms with Crippen molar-refractivity contribution >= 4 is 54.1 Å². The minimum atomic E-state index is -3.70. The van der Waals surface area contributed by atoms with Gasteiger partial charge in [-0.25, -0.2) is 22.2 Å². The normalized spacial score (nSPS) is 11.7. The van der Waals surface area contributed by atoms with Gasteiger partial charge in [0, 0.05) is 35.2 Å². The molecule has 0 bridgehead atoms. The lowest BCUT2D eigenvalue weighted by atomic mass is 9.97. The lowest BCUT2D eigenvalue weighted by Crippen LogP contribution is -2.18. The first-order valence-electron chi connectivity index (χ1n) is 12.9. The second-order valence-electron chi connectivity index (χ2n) is 9.50. The fraction of sp³-hybridized carbons (Fsp3) is 0.0968. The summed E-state index contributed by atoms with van der Waals surface area (Å²) in [4.78, 5) is 17.8. The molecule has 0 spiro atoms. The van der Waals surface area contributed by atoms with Crippen molar-refractivity contribution in [1.29, 1.82) is 0 Å². The Labute approximate surface area is 243 Å². The number of fused-ring (bicyclic) bond motifs is 2. The van der Waals surface area contributed by atoms with E-state index in [2.05, 4.69) is 15.0 Å². The Morgan fingerprint density at radius 3 is 2.40 bits per heavy atom. The zero-order chi connectivity index (χ0) is 29.6. The summed E-state index contributed by atoms with van der Waals surface area (Å²) in [5.74, 6) is -1.14. The molecule has 1 amide bonds. The number of hydrogen-bond donors (Lipinski definition) is 2. The van der Waals surface area contributed by atoms with E-state index in [4.69, 9.17) is 4.42 Å². The Balaban J connectivity index is 1.57. The number of amides is 1. The summed E-state index contributed by atoms with van der Waals surface area (Å²) in [6.45, 7) is 1.53. The van der Waals surface area contributed by atoms with Gasteiger partial charge >= 0.3 is 0 Å². The SMILES string of the molecule is CCS(=O)(=O)Nc1cc2oc(-c3ccc(F)cc3)c(C(=O)NC)c2cc1-c1cccc(-c2nc3ccc(F)cc3s2)c1. The zero-order valence-corrected chi connectivity index (χ0v) is 24.0. The quantitative estimate of drug-likeness (QED) is 0.198. The molecule has 212 valence electrons. The highest BCUT2D eigenvalue weighted by Crippen LogP contribution is 2.41. The van der Waals surface area contributed by atoms with Gasteiger partial charge in [-0.05, 0) is 67.1 Å². The summed E-state index contributed by atoms with van der Waals surface area (Å²) in [6.07, 6.45) is 0. The number of carbonyl (C=O) groups is 1. The standard InChI is InChI=1S/C31H23F2N3O4S2/c1-3-42(38,39)36-25-16-26-23(28(30(37)34-2)29(40-26)17-7-9-20(32)10-8-17)15-22(25)18-5-4-6-19(13-18)31-35-24-12-11-21(33)14-27(24)41-31/h4-16,36H,3H2,1-2H3,(H,34,37). The minimum Gasteiger partial charge on any atom is -0.455 e. The van der Waals surface area contributed by atoms with E-state index in [-0.39, 0.29) is 34.2 Å². The molecule has 0 atom stereocenters. The van der Waals surface area contributed by atoms with Crippen LogP contribution in [0.5, 0.6) is 0 Å². The topological polar surface area (TPSA) is 101 Å². The van der Waals surface area contributed by atoms with Gasteiger partial charge in [-0.15, -0.1) is 11.3 Å². The molecule has 0 saturated carbocycles. The molecule has 0 aliphatic carbocycles. The molecular weight excluding hydrogens is 580 g/mol. The van der Waals surface area contributed by atoms with Crippen LogP contribution in [0.15, 0.2) is 83.3 Å². The van der Waals surface area contributed by atoms with E-state index in [0.717, 1.165) is 5.56 Å². The molecule has 0 radical (unpaired) electrons. The molecule has 0 saturated heterocycles. The van der Waals surface area contributed by atoms with Crippen molar-refractivity contribution in [3.8, 4) is 33.0 Å². The molecule has 0 aliphatic rings. The molecule has 2 N–H and O–H groups in total. The largest absolute Gasteiger partial charge is 0.455 e. The minimum absolute atomic E-state index is 0.157. The molecule has 42 heavy (non-hydrogen) atoms. The summed E-state index contributed by atoms with van der Waals surface area (Å²) >= 11 is 1.34. The number of thiazole rings is 1. The van der Waals surface area contributed by atoms with Gasteiger partial charge in [0.25, 0.3) is 5.91 Å². The van der Waals surface area contributed by atoms with Crippen molar-refractivity contribution in [3.63, 3.8) is 0 Å². The van der Waals surface area contributed by atoms with E-state index in [1.165, 1.54) is 61.7 Å². The van der Waals surface area contributed by atoms with Crippen LogP contribution in [0.1, 0.15) is 17.3 Å². The van der Waals surface area contributed by atoms with Crippen molar-refractivity contribution in [2.75, 3.05) is 17.5 Å². The van der Waals surface area contributed by atoms with Crippen LogP contribution in [-0.2, 0) is 10.0 Å². The van der Waals surface area contributed by atoms with Crippen LogP contribution in [0, 0.1) is 11.6 Å². The maximum Gasteiger partial charge on any atom is 0.255 e.